The van der Waals surface area contributed by atoms with E-state index in [1.807, 2.05) is 0 Å². The first-order valence-electron chi connectivity index (χ1n) is 6.92. The fraction of sp³-hybridized carbons (Fsp3) is 0.467. The number of amides is 2. The van der Waals surface area contributed by atoms with Crippen LogP contribution in [0, 0.1) is 0 Å². The first-order chi connectivity index (χ1) is 9.79. The molecule has 0 spiro atoms. The van der Waals surface area contributed by atoms with Crippen molar-refractivity contribution in [3.05, 3.63) is 34.9 Å². The molecule has 0 atom stereocenters. The summed E-state index contributed by atoms with van der Waals surface area (Å²) in [5, 5.41) is 0.604. The molecule has 2 N–H and O–H groups in total. The molecule has 21 heavy (non-hydrogen) atoms. The number of halogens is 1. The molecule has 0 radical (unpaired) electrons. The minimum Gasteiger partial charge on any atom is -0.338 e. The van der Waals surface area contributed by atoms with E-state index < -0.39 is 5.54 Å². The van der Waals surface area contributed by atoms with Crippen LogP contribution in [0.2, 0.25) is 5.02 Å². The molecule has 0 aromatic heterocycles. The molecule has 2 rings (SSSR count). The lowest BCUT2D eigenvalue weighted by Gasteiger charge is -2.37. The van der Waals surface area contributed by atoms with Crippen LogP contribution in [0.25, 0.3) is 0 Å². The zero-order chi connectivity index (χ0) is 15.6. The van der Waals surface area contributed by atoms with Gasteiger partial charge in [0.2, 0.25) is 5.91 Å². The maximum Gasteiger partial charge on any atom is 0.253 e. The van der Waals surface area contributed by atoms with E-state index in [0.717, 1.165) is 0 Å². The first kappa shape index (κ1) is 15.8. The van der Waals surface area contributed by atoms with Gasteiger partial charge in [0, 0.05) is 36.8 Å². The Balaban J connectivity index is 1.96. The zero-order valence-corrected chi connectivity index (χ0v) is 13.1. The van der Waals surface area contributed by atoms with Crippen molar-refractivity contribution in [3.8, 4) is 0 Å². The maximum atomic E-state index is 12.3. The lowest BCUT2D eigenvalue weighted by atomic mass is 10.0. The van der Waals surface area contributed by atoms with Crippen molar-refractivity contribution in [1.82, 2.24) is 9.80 Å². The van der Waals surface area contributed by atoms with E-state index in [1.54, 1.807) is 47.9 Å². The molecular weight excluding hydrogens is 290 g/mol. The van der Waals surface area contributed by atoms with Crippen molar-refractivity contribution in [2.45, 2.75) is 19.4 Å². The Hall–Kier alpha value is -1.59. The van der Waals surface area contributed by atoms with Crippen LogP contribution in [0.4, 0.5) is 0 Å². The molecule has 5 nitrogen and oxygen atoms in total. The minimum atomic E-state index is -0.873. The number of carbonyl (C=O) groups is 2. The number of hydrogen-bond donors (Lipinski definition) is 1. The molecule has 114 valence electrons. The number of hydrogen-bond acceptors (Lipinski definition) is 3. The van der Waals surface area contributed by atoms with Gasteiger partial charge < -0.3 is 15.5 Å². The molecular formula is C15H20ClN3O2. The van der Waals surface area contributed by atoms with Crippen LogP contribution < -0.4 is 5.73 Å². The van der Waals surface area contributed by atoms with Gasteiger partial charge in [0.1, 0.15) is 0 Å². The second kappa shape index (κ2) is 6.03. The zero-order valence-electron chi connectivity index (χ0n) is 12.3. The summed E-state index contributed by atoms with van der Waals surface area (Å²) < 4.78 is 0. The van der Waals surface area contributed by atoms with Crippen molar-refractivity contribution in [3.63, 3.8) is 0 Å². The standard InChI is InChI=1S/C15H20ClN3O2/c1-15(2,17)14(21)19-9-7-18(8-10-19)13(20)11-3-5-12(16)6-4-11/h3-6H,7-10,17H2,1-2H3. The monoisotopic (exact) mass is 309 g/mol. The summed E-state index contributed by atoms with van der Waals surface area (Å²) in [6.07, 6.45) is 0. The summed E-state index contributed by atoms with van der Waals surface area (Å²) in [7, 11) is 0. The van der Waals surface area contributed by atoms with Crippen molar-refractivity contribution >= 4 is 23.4 Å². The van der Waals surface area contributed by atoms with Gasteiger partial charge in [0.15, 0.2) is 0 Å². The predicted molar refractivity (Wildman–Crippen MR) is 82.2 cm³/mol. The van der Waals surface area contributed by atoms with E-state index in [1.165, 1.54) is 0 Å². The van der Waals surface area contributed by atoms with E-state index in [2.05, 4.69) is 0 Å². The van der Waals surface area contributed by atoms with Gasteiger partial charge in [-0.05, 0) is 38.1 Å². The van der Waals surface area contributed by atoms with Crippen LogP contribution in [0.5, 0.6) is 0 Å². The minimum absolute atomic E-state index is 0.0363. The van der Waals surface area contributed by atoms with Gasteiger partial charge in [0.25, 0.3) is 5.91 Å². The van der Waals surface area contributed by atoms with Gasteiger partial charge in [-0.2, -0.15) is 0 Å². The Morgan fingerprint density at radius 3 is 2.00 bits per heavy atom. The quantitative estimate of drug-likeness (QED) is 0.897. The van der Waals surface area contributed by atoms with Gasteiger partial charge >= 0.3 is 0 Å². The van der Waals surface area contributed by atoms with Gasteiger partial charge in [0.05, 0.1) is 5.54 Å². The molecule has 1 aliphatic heterocycles. The fourth-order valence-electron chi connectivity index (χ4n) is 2.30. The molecule has 1 fully saturated rings. The van der Waals surface area contributed by atoms with Crippen molar-refractivity contribution in [2.75, 3.05) is 26.2 Å². The molecule has 1 saturated heterocycles. The number of nitrogens with zero attached hydrogens (tertiary/aromatic N) is 2. The molecule has 1 aromatic rings. The van der Waals surface area contributed by atoms with Crippen molar-refractivity contribution < 1.29 is 9.59 Å². The summed E-state index contributed by atoms with van der Waals surface area (Å²) in [4.78, 5) is 27.9. The smallest absolute Gasteiger partial charge is 0.253 e. The van der Waals surface area contributed by atoms with E-state index in [9.17, 15) is 9.59 Å². The molecule has 0 unspecified atom stereocenters. The molecule has 1 heterocycles. The molecule has 1 aromatic carbocycles. The van der Waals surface area contributed by atoms with E-state index in [-0.39, 0.29) is 11.8 Å². The Morgan fingerprint density at radius 2 is 1.52 bits per heavy atom. The van der Waals surface area contributed by atoms with Crippen LogP contribution in [0.3, 0.4) is 0 Å². The Kier molecular flexibility index (Phi) is 4.54. The molecule has 0 saturated carbocycles. The van der Waals surface area contributed by atoms with Crippen molar-refractivity contribution in [1.29, 1.82) is 0 Å². The molecule has 1 aliphatic rings. The van der Waals surface area contributed by atoms with E-state index >= 15 is 0 Å². The Labute approximate surface area is 129 Å². The highest BCUT2D eigenvalue weighted by Crippen LogP contribution is 2.14. The summed E-state index contributed by atoms with van der Waals surface area (Å²) in [6, 6.07) is 6.83. The maximum absolute atomic E-state index is 12.3. The largest absolute Gasteiger partial charge is 0.338 e. The third-order valence-electron chi connectivity index (χ3n) is 3.50. The lowest BCUT2D eigenvalue weighted by molar-refractivity contribution is -0.137. The summed E-state index contributed by atoms with van der Waals surface area (Å²) >= 11 is 5.82. The number of carbonyl (C=O) groups excluding carboxylic acids is 2. The fourth-order valence-corrected chi connectivity index (χ4v) is 2.42. The number of piperazine rings is 1. The second-order valence-electron chi connectivity index (χ2n) is 5.81. The molecule has 2 amide bonds. The normalized spacial score (nSPS) is 16.0. The first-order valence-corrected chi connectivity index (χ1v) is 7.30. The number of nitrogens with two attached hydrogens (primary N) is 1. The highest BCUT2D eigenvalue weighted by atomic mass is 35.5. The summed E-state index contributed by atoms with van der Waals surface area (Å²) in [5.41, 5.74) is 5.56. The second-order valence-corrected chi connectivity index (χ2v) is 6.25. The van der Waals surface area contributed by atoms with Crippen molar-refractivity contribution in [2.24, 2.45) is 5.73 Å². The van der Waals surface area contributed by atoms with Crippen LogP contribution in [0.1, 0.15) is 24.2 Å². The average Bonchev–Trinajstić information content (AvgIpc) is 2.46. The summed E-state index contributed by atoms with van der Waals surface area (Å²) in [6.45, 7) is 5.45. The molecule has 6 heteroatoms. The highest BCUT2D eigenvalue weighted by molar-refractivity contribution is 6.30. The van der Waals surface area contributed by atoms with E-state index in [4.69, 9.17) is 17.3 Å². The van der Waals surface area contributed by atoms with Gasteiger partial charge in [-0.25, -0.2) is 0 Å². The molecule has 0 aliphatic carbocycles. The topological polar surface area (TPSA) is 66.6 Å². The third-order valence-corrected chi connectivity index (χ3v) is 3.75. The third kappa shape index (κ3) is 3.74. The highest BCUT2D eigenvalue weighted by Gasteiger charge is 2.31. The Morgan fingerprint density at radius 1 is 1.05 bits per heavy atom. The SMILES string of the molecule is CC(C)(N)C(=O)N1CCN(C(=O)c2ccc(Cl)cc2)CC1. The van der Waals surface area contributed by atoms with Crippen LogP contribution in [-0.2, 0) is 4.79 Å². The van der Waals surface area contributed by atoms with Gasteiger partial charge in [-0.3, -0.25) is 9.59 Å². The van der Waals surface area contributed by atoms with E-state index in [0.29, 0.717) is 36.8 Å². The van der Waals surface area contributed by atoms with Crippen LogP contribution >= 0.6 is 11.6 Å². The summed E-state index contributed by atoms with van der Waals surface area (Å²) in [5.74, 6) is -0.119. The van der Waals surface area contributed by atoms with Gasteiger partial charge in [-0.1, -0.05) is 11.6 Å². The van der Waals surface area contributed by atoms with Crippen LogP contribution in [-0.4, -0.2) is 53.3 Å². The molecule has 0 bridgehead atoms. The average molecular weight is 310 g/mol. The number of benzene rings is 1. The lowest BCUT2D eigenvalue weighted by Crippen LogP contribution is -2.57. The Bertz CT molecular complexity index is 529. The van der Waals surface area contributed by atoms with Gasteiger partial charge in [-0.15, -0.1) is 0 Å². The predicted octanol–water partition coefficient (Wildman–Crippen LogP) is 1.36. The van der Waals surface area contributed by atoms with Crippen LogP contribution in [0.15, 0.2) is 24.3 Å². The number of rotatable bonds is 2.